The van der Waals surface area contributed by atoms with Gasteiger partial charge in [-0.1, -0.05) is 28.1 Å². The van der Waals surface area contributed by atoms with Crippen molar-refractivity contribution in [1.29, 1.82) is 0 Å². The van der Waals surface area contributed by atoms with Crippen molar-refractivity contribution in [2.45, 2.75) is 26.1 Å². The molecule has 0 saturated carbocycles. The molecule has 0 fully saturated rings. The molecular weight excluding hydrogens is 260 g/mol. The molecular formula is C11H13BrO3. The van der Waals surface area contributed by atoms with Crippen molar-refractivity contribution < 1.29 is 14.6 Å². The Morgan fingerprint density at radius 1 is 1.33 bits per heavy atom. The molecule has 15 heavy (non-hydrogen) atoms. The van der Waals surface area contributed by atoms with E-state index in [4.69, 9.17) is 4.74 Å². The van der Waals surface area contributed by atoms with Crippen LogP contribution in [0.15, 0.2) is 28.7 Å². The fraction of sp³-hybridized carbons (Fsp3) is 0.364. The maximum atomic E-state index is 11.4. The second-order valence-electron chi connectivity index (χ2n) is 3.44. The third kappa shape index (κ3) is 3.64. The van der Waals surface area contributed by atoms with Crippen LogP contribution in [-0.4, -0.2) is 17.2 Å². The Labute approximate surface area is 97.2 Å². The van der Waals surface area contributed by atoms with E-state index in [1.165, 1.54) is 0 Å². The molecule has 0 radical (unpaired) electrons. The molecule has 0 amide bonds. The van der Waals surface area contributed by atoms with Gasteiger partial charge in [0.2, 0.25) is 0 Å². The third-order valence-corrected chi connectivity index (χ3v) is 2.29. The van der Waals surface area contributed by atoms with Gasteiger partial charge in [0.25, 0.3) is 0 Å². The molecule has 1 aromatic rings. The summed E-state index contributed by atoms with van der Waals surface area (Å²) in [5.41, 5.74) is 0.531. The SMILES string of the molecule is CC(C)OC(=O)C(O)c1ccc(Br)cc1. The van der Waals surface area contributed by atoms with Gasteiger partial charge in [0, 0.05) is 4.47 Å². The molecule has 0 spiro atoms. The molecule has 4 heteroatoms. The highest BCUT2D eigenvalue weighted by atomic mass is 79.9. The van der Waals surface area contributed by atoms with Crippen molar-refractivity contribution in [3.8, 4) is 0 Å². The van der Waals surface area contributed by atoms with Crippen LogP contribution in [0.4, 0.5) is 0 Å². The second kappa shape index (κ2) is 5.28. The van der Waals surface area contributed by atoms with E-state index in [9.17, 15) is 9.90 Å². The lowest BCUT2D eigenvalue weighted by Gasteiger charge is -2.13. The van der Waals surface area contributed by atoms with Gasteiger partial charge in [-0.05, 0) is 31.5 Å². The number of ether oxygens (including phenoxy) is 1. The molecule has 0 heterocycles. The number of hydrogen-bond donors (Lipinski definition) is 1. The number of rotatable bonds is 3. The predicted octanol–water partition coefficient (Wildman–Crippen LogP) is 2.43. The Morgan fingerprint density at radius 3 is 2.33 bits per heavy atom. The number of aliphatic hydroxyl groups is 1. The van der Waals surface area contributed by atoms with Gasteiger partial charge in [-0.3, -0.25) is 0 Å². The first-order valence-corrected chi connectivity index (χ1v) is 5.44. The minimum atomic E-state index is -1.21. The van der Waals surface area contributed by atoms with E-state index < -0.39 is 12.1 Å². The van der Waals surface area contributed by atoms with Gasteiger partial charge >= 0.3 is 5.97 Å². The lowest BCUT2D eigenvalue weighted by atomic mass is 10.1. The molecule has 1 rings (SSSR count). The molecule has 0 bridgehead atoms. The van der Waals surface area contributed by atoms with E-state index in [1.807, 2.05) is 0 Å². The zero-order chi connectivity index (χ0) is 11.4. The van der Waals surface area contributed by atoms with Crippen LogP contribution in [0.3, 0.4) is 0 Å². The number of carbonyl (C=O) groups is 1. The molecule has 0 saturated heterocycles. The van der Waals surface area contributed by atoms with Crippen LogP contribution >= 0.6 is 15.9 Å². The Morgan fingerprint density at radius 2 is 1.87 bits per heavy atom. The van der Waals surface area contributed by atoms with Crippen molar-refractivity contribution in [3.05, 3.63) is 34.3 Å². The van der Waals surface area contributed by atoms with Gasteiger partial charge < -0.3 is 9.84 Å². The van der Waals surface area contributed by atoms with Gasteiger partial charge in [-0.15, -0.1) is 0 Å². The van der Waals surface area contributed by atoms with Crippen LogP contribution < -0.4 is 0 Å². The molecule has 1 aromatic carbocycles. The quantitative estimate of drug-likeness (QED) is 0.860. The van der Waals surface area contributed by atoms with Crippen LogP contribution in [0.1, 0.15) is 25.5 Å². The van der Waals surface area contributed by atoms with Crippen LogP contribution in [0, 0.1) is 0 Å². The van der Waals surface area contributed by atoms with E-state index in [0.717, 1.165) is 4.47 Å². The molecule has 3 nitrogen and oxygen atoms in total. The minimum Gasteiger partial charge on any atom is -0.461 e. The van der Waals surface area contributed by atoms with Gasteiger partial charge in [0.1, 0.15) is 0 Å². The van der Waals surface area contributed by atoms with Gasteiger partial charge in [-0.25, -0.2) is 4.79 Å². The number of aliphatic hydroxyl groups excluding tert-OH is 1. The lowest BCUT2D eigenvalue weighted by Crippen LogP contribution is -2.19. The van der Waals surface area contributed by atoms with E-state index in [-0.39, 0.29) is 6.10 Å². The van der Waals surface area contributed by atoms with E-state index >= 15 is 0 Å². The zero-order valence-corrected chi connectivity index (χ0v) is 10.2. The van der Waals surface area contributed by atoms with Crippen molar-refractivity contribution in [1.82, 2.24) is 0 Å². The number of benzene rings is 1. The summed E-state index contributed by atoms with van der Waals surface area (Å²) < 4.78 is 5.79. The molecule has 0 aliphatic heterocycles. The summed E-state index contributed by atoms with van der Waals surface area (Å²) in [6, 6.07) is 6.88. The number of esters is 1. The molecule has 0 aromatic heterocycles. The van der Waals surface area contributed by atoms with Crippen LogP contribution in [0.2, 0.25) is 0 Å². The summed E-state index contributed by atoms with van der Waals surface area (Å²) in [6.07, 6.45) is -1.43. The highest BCUT2D eigenvalue weighted by molar-refractivity contribution is 9.10. The normalized spacial score (nSPS) is 12.6. The van der Waals surface area contributed by atoms with Crippen molar-refractivity contribution in [3.63, 3.8) is 0 Å². The standard InChI is InChI=1S/C11H13BrO3/c1-7(2)15-11(14)10(13)8-3-5-9(12)6-4-8/h3-7,10,13H,1-2H3. The third-order valence-electron chi connectivity index (χ3n) is 1.76. The topological polar surface area (TPSA) is 46.5 Å². The number of carbonyl (C=O) groups excluding carboxylic acids is 1. The van der Waals surface area contributed by atoms with E-state index in [1.54, 1.807) is 38.1 Å². The Bertz CT molecular complexity index is 332. The molecule has 0 aliphatic rings. The highest BCUT2D eigenvalue weighted by Gasteiger charge is 2.19. The fourth-order valence-electron chi connectivity index (χ4n) is 1.08. The molecule has 1 unspecified atom stereocenters. The minimum absolute atomic E-state index is 0.220. The first-order valence-electron chi connectivity index (χ1n) is 4.64. The largest absolute Gasteiger partial charge is 0.461 e. The molecule has 1 atom stereocenters. The highest BCUT2D eigenvalue weighted by Crippen LogP contribution is 2.18. The van der Waals surface area contributed by atoms with Crippen molar-refractivity contribution in [2.24, 2.45) is 0 Å². The number of hydrogen-bond acceptors (Lipinski definition) is 3. The van der Waals surface area contributed by atoms with Crippen LogP contribution in [0.5, 0.6) is 0 Å². The lowest BCUT2D eigenvalue weighted by molar-refractivity contribution is -0.157. The predicted molar refractivity (Wildman–Crippen MR) is 60.3 cm³/mol. The Hall–Kier alpha value is -0.870. The van der Waals surface area contributed by atoms with E-state index in [0.29, 0.717) is 5.56 Å². The zero-order valence-electron chi connectivity index (χ0n) is 8.61. The second-order valence-corrected chi connectivity index (χ2v) is 4.36. The Kier molecular flexibility index (Phi) is 4.29. The summed E-state index contributed by atoms with van der Waals surface area (Å²) in [6.45, 7) is 3.48. The van der Waals surface area contributed by atoms with Crippen LogP contribution in [-0.2, 0) is 9.53 Å². The maximum Gasteiger partial charge on any atom is 0.339 e. The average Bonchev–Trinajstić information content (AvgIpc) is 2.17. The first-order chi connectivity index (χ1) is 7.00. The number of halogens is 1. The molecule has 0 aliphatic carbocycles. The summed E-state index contributed by atoms with van der Waals surface area (Å²) in [5.74, 6) is -0.618. The molecule has 1 N–H and O–H groups in total. The summed E-state index contributed by atoms with van der Waals surface area (Å²) in [5, 5.41) is 9.64. The van der Waals surface area contributed by atoms with Gasteiger partial charge in [0.05, 0.1) is 6.10 Å². The van der Waals surface area contributed by atoms with Crippen molar-refractivity contribution in [2.75, 3.05) is 0 Å². The van der Waals surface area contributed by atoms with Gasteiger partial charge in [-0.2, -0.15) is 0 Å². The van der Waals surface area contributed by atoms with Crippen LogP contribution in [0.25, 0.3) is 0 Å². The van der Waals surface area contributed by atoms with E-state index in [2.05, 4.69) is 15.9 Å². The Balaban J connectivity index is 2.71. The smallest absolute Gasteiger partial charge is 0.339 e. The van der Waals surface area contributed by atoms with Gasteiger partial charge in [0.15, 0.2) is 6.10 Å². The van der Waals surface area contributed by atoms with Crippen molar-refractivity contribution >= 4 is 21.9 Å². The summed E-state index contributed by atoms with van der Waals surface area (Å²) in [4.78, 5) is 11.4. The fourth-order valence-corrected chi connectivity index (χ4v) is 1.34. The summed E-state index contributed by atoms with van der Waals surface area (Å²) in [7, 11) is 0. The first kappa shape index (κ1) is 12.2. The average molecular weight is 273 g/mol. The monoisotopic (exact) mass is 272 g/mol. The molecule has 82 valence electrons. The summed E-state index contributed by atoms with van der Waals surface area (Å²) >= 11 is 3.27. The maximum absolute atomic E-state index is 11.4.